The summed E-state index contributed by atoms with van der Waals surface area (Å²) < 4.78 is 6.74. The predicted octanol–water partition coefficient (Wildman–Crippen LogP) is 17.0. The Hall–Kier alpha value is -8.46. The van der Waals surface area contributed by atoms with Crippen LogP contribution < -0.4 is 4.90 Å². The van der Waals surface area contributed by atoms with Gasteiger partial charge in [0.05, 0.1) is 11.1 Å². The molecule has 12 aromatic rings. The van der Waals surface area contributed by atoms with Crippen LogP contribution in [0.25, 0.3) is 88.0 Å². The SMILES string of the molecule is c1ccc(-c2cccc(N(c3ccc4c(c3)C3(c5ccccc5-c5ccccc53)c3ccccc3-4)c3ccc4oc5ccccc5c4c3-c3cc4ccccc4c4ccccc34)c2)cc1. The van der Waals surface area contributed by atoms with Crippen molar-refractivity contribution in [2.75, 3.05) is 4.90 Å². The molecule has 0 bridgehead atoms. The van der Waals surface area contributed by atoms with E-state index < -0.39 is 5.41 Å². The topological polar surface area (TPSA) is 16.4 Å². The first-order valence-corrected chi connectivity index (χ1v) is 22.5. The molecule has 0 atom stereocenters. The molecule has 1 heterocycles. The van der Waals surface area contributed by atoms with E-state index in [9.17, 15) is 0 Å². The van der Waals surface area contributed by atoms with E-state index in [1.54, 1.807) is 0 Å². The van der Waals surface area contributed by atoms with Crippen molar-refractivity contribution in [3.8, 4) is 44.5 Å². The number of hydrogen-bond acceptors (Lipinski definition) is 2. The van der Waals surface area contributed by atoms with Crippen LogP contribution in [0.5, 0.6) is 0 Å². The molecule has 0 radical (unpaired) electrons. The number of fused-ring (bicyclic) bond motifs is 16. The Morgan fingerprint density at radius 1 is 0.323 bits per heavy atom. The Kier molecular flexibility index (Phi) is 7.64. The van der Waals surface area contributed by atoms with Gasteiger partial charge in [-0.2, -0.15) is 0 Å². The molecule has 2 nitrogen and oxygen atoms in total. The second-order valence-corrected chi connectivity index (χ2v) is 17.5. The van der Waals surface area contributed by atoms with Crippen LogP contribution in [0.4, 0.5) is 17.1 Å². The van der Waals surface area contributed by atoms with Gasteiger partial charge in [-0.1, -0.05) is 188 Å². The first-order chi connectivity index (χ1) is 32.3. The minimum Gasteiger partial charge on any atom is -0.456 e. The molecule has 0 saturated heterocycles. The summed E-state index contributed by atoms with van der Waals surface area (Å²) in [4.78, 5) is 2.51. The molecule has 2 aliphatic carbocycles. The van der Waals surface area contributed by atoms with Crippen LogP contribution in [0.15, 0.2) is 241 Å². The fourth-order valence-corrected chi connectivity index (χ4v) is 11.6. The number of hydrogen-bond donors (Lipinski definition) is 0. The van der Waals surface area contributed by atoms with E-state index in [1.807, 2.05) is 0 Å². The number of furan rings is 1. The van der Waals surface area contributed by atoms with E-state index in [2.05, 4.69) is 241 Å². The van der Waals surface area contributed by atoms with Crippen LogP contribution in [-0.4, -0.2) is 0 Å². The fourth-order valence-electron chi connectivity index (χ4n) is 11.6. The lowest BCUT2D eigenvalue weighted by Crippen LogP contribution is -2.26. The quantitative estimate of drug-likeness (QED) is 0.161. The Morgan fingerprint density at radius 3 is 1.63 bits per heavy atom. The lowest BCUT2D eigenvalue weighted by atomic mass is 9.70. The van der Waals surface area contributed by atoms with E-state index in [4.69, 9.17) is 4.42 Å². The van der Waals surface area contributed by atoms with Crippen molar-refractivity contribution in [3.63, 3.8) is 0 Å². The summed E-state index contributed by atoms with van der Waals surface area (Å²) >= 11 is 0. The van der Waals surface area contributed by atoms with E-state index in [-0.39, 0.29) is 0 Å². The van der Waals surface area contributed by atoms with E-state index >= 15 is 0 Å². The van der Waals surface area contributed by atoms with Gasteiger partial charge in [-0.05, 0) is 131 Å². The number of benzene rings is 11. The van der Waals surface area contributed by atoms with Crippen molar-refractivity contribution < 1.29 is 4.42 Å². The minimum atomic E-state index is -0.491. The van der Waals surface area contributed by atoms with Crippen LogP contribution in [0, 0.1) is 0 Å². The molecular weight excluding hydrogens is 787 g/mol. The van der Waals surface area contributed by atoms with Gasteiger partial charge in [0.1, 0.15) is 11.2 Å². The molecule has 0 N–H and O–H groups in total. The second kappa shape index (κ2) is 13.8. The minimum absolute atomic E-state index is 0.491. The van der Waals surface area contributed by atoms with Crippen LogP contribution in [0.2, 0.25) is 0 Å². The lowest BCUT2D eigenvalue weighted by Gasteiger charge is -2.33. The van der Waals surface area contributed by atoms with Crippen LogP contribution in [-0.2, 0) is 5.41 Å². The number of nitrogens with zero attached hydrogens (tertiary/aromatic N) is 1. The molecule has 302 valence electrons. The monoisotopic (exact) mass is 825 g/mol. The van der Waals surface area contributed by atoms with Gasteiger partial charge < -0.3 is 9.32 Å². The Labute approximate surface area is 376 Å². The maximum absolute atomic E-state index is 6.74. The number of anilines is 3. The van der Waals surface area contributed by atoms with E-state index in [1.165, 1.54) is 77.2 Å². The zero-order chi connectivity index (χ0) is 42.6. The maximum Gasteiger partial charge on any atom is 0.136 e. The van der Waals surface area contributed by atoms with Crippen molar-refractivity contribution in [2.24, 2.45) is 0 Å². The van der Waals surface area contributed by atoms with Gasteiger partial charge in [-0.3, -0.25) is 0 Å². The molecule has 65 heavy (non-hydrogen) atoms. The molecule has 1 spiro atoms. The van der Waals surface area contributed by atoms with Gasteiger partial charge in [0.2, 0.25) is 0 Å². The number of rotatable bonds is 5. The summed E-state index contributed by atoms with van der Waals surface area (Å²) in [7, 11) is 0. The molecule has 0 unspecified atom stereocenters. The smallest absolute Gasteiger partial charge is 0.136 e. The van der Waals surface area contributed by atoms with Crippen molar-refractivity contribution in [2.45, 2.75) is 5.41 Å². The van der Waals surface area contributed by atoms with Gasteiger partial charge >= 0.3 is 0 Å². The van der Waals surface area contributed by atoms with Crippen molar-refractivity contribution in [1.82, 2.24) is 0 Å². The van der Waals surface area contributed by atoms with Crippen molar-refractivity contribution in [1.29, 1.82) is 0 Å². The summed E-state index contributed by atoms with van der Waals surface area (Å²) in [5.74, 6) is 0. The van der Waals surface area contributed by atoms with Crippen LogP contribution in [0.1, 0.15) is 22.3 Å². The summed E-state index contributed by atoms with van der Waals surface area (Å²) in [6.07, 6.45) is 0. The standard InChI is InChI=1S/C63H39NO/c1-2-17-40(18-3-1)41-20-16-21-43(37-41)64(44-33-34-51-50-27-10-14-31-56(50)63(57(51)39-44)54-29-12-8-25-48(54)49-26-9-13-30-55(49)63)58-35-36-60-62(52-28-11-15-32-59(52)65-60)61(58)53-38-42-19-4-5-22-45(42)46-23-6-7-24-47(46)53/h1-39H. The highest BCUT2D eigenvalue weighted by Crippen LogP contribution is 2.63. The highest BCUT2D eigenvalue weighted by Gasteiger charge is 2.51. The van der Waals surface area contributed by atoms with Crippen LogP contribution in [0.3, 0.4) is 0 Å². The molecule has 0 aliphatic heterocycles. The third kappa shape index (κ3) is 5.05. The first kappa shape index (κ1) is 36.1. The molecule has 11 aromatic carbocycles. The van der Waals surface area contributed by atoms with Gasteiger partial charge in [0.15, 0.2) is 0 Å². The Bertz CT molecular complexity index is 3850. The van der Waals surface area contributed by atoms with Gasteiger partial charge in [0, 0.05) is 27.7 Å². The molecule has 0 fully saturated rings. The van der Waals surface area contributed by atoms with Gasteiger partial charge in [-0.15, -0.1) is 0 Å². The zero-order valence-electron chi connectivity index (χ0n) is 35.4. The summed E-state index contributed by atoms with van der Waals surface area (Å²) in [5, 5.41) is 7.06. The summed E-state index contributed by atoms with van der Waals surface area (Å²) in [5.41, 5.74) is 19.5. The third-order valence-corrected chi connectivity index (χ3v) is 14.3. The van der Waals surface area contributed by atoms with Crippen molar-refractivity contribution >= 4 is 60.5 Å². The predicted molar refractivity (Wildman–Crippen MR) is 271 cm³/mol. The maximum atomic E-state index is 6.74. The molecule has 2 aliphatic rings. The van der Waals surface area contributed by atoms with E-state index in [0.717, 1.165) is 50.1 Å². The average molecular weight is 826 g/mol. The lowest BCUT2D eigenvalue weighted by molar-refractivity contribution is 0.669. The van der Waals surface area contributed by atoms with E-state index in [0.29, 0.717) is 0 Å². The van der Waals surface area contributed by atoms with Gasteiger partial charge in [-0.25, -0.2) is 0 Å². The summed E-state index contributed by atoms with van der Waals surface area (Å²) in [6, 6.07) is 87.2. The normalized spacial score (nSPS) is 13.0. The zero-order valence-corrected chi connectivity index (χ0v) is 35.4. The molecule has 0 saturated carbocycles. The Balaban J connectivity index is 1.12. The largest absolute Gasteiger partial charge is 0.456 e. The highest BCUT2D eigenvalue weighted by molar-refractivity contribution is 6.22. The third-order valence-electron chi connectivity index (χ3n) is 14.3. The van der Waals surface area contributed by atoms with Gasteiger partial charge in [0.25, 0.3) is 0 Å². The average Bonchev–Trinajstić information content (AvgIpc) is 4.01. The summed E-state index contributed by atoms with van der Waals surface area (Å²) in [6.45, 7) is 0. The first-order valence-electron chi connectivity index (χ1n) is 22.5. The molecule has 1 aromatic heterocycles. The van der Waals surface area contributed by atoms with Crippen molar-refractivity contribution in [3.05, 3.63) is 259 Å². The second-order valence-electron chi connectivity index (χ2n) is 17.5. The molecule has 2 heteroatoms. The Morgan fingerprint density at radius 2 is 0.892 bits per heavy atom. The van der Waals surface area contributed by atoms with Crippen LogP contribution >= 0.6 is 0 Å². The molecule has 0 amide bonds. The molecular formula is C63H39NO. The fraction of sp³-hybridized carbons (Fsp3) is 0.0159. The molecule has 14 rings (SSSR count). The number of para-hydroxylation sites is 1. The highest BCUT2D eigenvalue weighted by atomic mass is 16.3.